The molecule has 2 N–H and O–H groups in total. The molecule has 0 aliphatic rings. The van der Waals surface area contributed by atoms with Gasteiger partial charge in [-0.3, -0.25) is 0 Å². The number of aromatic nitrogens is 3. The normalized spacial score (nSPS) is 10.8. The van der Waals surface area contributed by atoms with Crippen LogP contribution in [0.5, 0.6) is 0 Å². The Bertz CT molecular complexity index is 758. The highest BCUT2D eigenvalue weighted by Gasteiger charge is 2.07. The van der Waals surface area contributed by atoms with Gasteiger partial charge in [0.05, 0.1) is 16.9 Å². The number of nitrogens with zero attached hydrogens (tertiary/aromatic N) is 3. The Hall–Kier alpha value is -2.53. The van der Waals surface area contributed by atoms with Crippen LogP contribution in [0.4, 0.5) is 5.82 Å². The molecule has 2 heterocycles. The summed E-state index contributed by atoms with van der Waals surface area (Å²) in [6.07, 6.45) is 0. The van der Waals surface area contributed by atoms with Gasteiger partial charge in [-0.25, -0.2) is 15.0 Å². The summed E-state index contributed by atoms with van der Waals surface area (Å²) in [4.78, 5) is 13.1. The van der Waals surface area contributed by atoms with Gasteiger partial charge in [-0.1, -0.05) is 24.3 Å². The predicted octanol–water partition coefficient (Wildman–Crippen LogP) is 2.42. The van der Waals surface area contributed by atoms with E-state index < -0.39 is 0 Å². The molecule has 0 saturated carbocycles. The average Bonchev–Trinajstić information content (AvgIpc) is 2.46. The smallest absolute Gasteiger partial charge is 0.157 e. The molecule has 0 spiro atoms. The molecule has 0 unspecified atom stereocenters. The van der Waals surface area contributed by atoms with Crippen molar-refractivity contribution in [1.82, 2.24) is 15.0 Å². The largest absolute Gasteiger partial charge is 0.384 e. The Morgan fingerprint density at radius 2 is 1.85 bits per heavy atom. The van der Waals surface area contributed by atoms with Crippen LogP contribution in [0.1, 0.15) is 5.82 Å². The molecule has 20 heavy (non-hydrogen) atoms. The molecule has 0 amide bonds. The van der Waals surface area contributed by atoms with E-state index in [0.29, 0.717) is 23.9 Å². The van der Waals surface area contributed by atoms with Gasteiger partial charge in [0.2, 0.25) is 0 Å². The maximum Gasteiger partial charge on any atom is 0.157 e. The summed E-state index contributed by atoms with van der Waals surface area (Å²) < 4.78 is 5.04. The maximum absolute atomic E-state index is 5.81. The molecule has 3 aromatic rings. The molecule has 3 rings (SSSR count). The van der Waals surface area contributed by atoms with Crippen LogP contribution in [0.25, 0.3) is 22.3 Å². The van der Waals surface area contributed by atoms with Crippen LogP contribution < -0.4 is 5.73 Å². The number of fused-ring (bicyclic) bond motifs is 1. The van der Waals surface area contributed by atoms with E-state index in [1.807, 2.05) is 36.4 Å². The van der Waals surface area contributed by atoms with Gasteiger partial charge in [0.15, 0.2) is 5.82 Å². The van der Waals surface area contributed by atoms with Crippen LogP contribution in [0, 0.1) is 0 Å². The fraction of sp³-hybridized carbons (Fsp3) is 0.133. The molecule has 0 aliphatic carbocycles. The summed E-state index contributed by atoms with van der Waals surface area (Å²) in [5.74, 6) is 0.967. The van der Waals surface area contributed by atoms with Crippen molar-refractivity contribution in [1.29, 1.82) is 0 Å². The summed E-state index contributed by atoms with van der Waals surface area (Å²) in [5.41, 5.74) is 8.21. The van der Waals surface area contributed by atoms with Crippen LogP contribution in [0.15, 0.2) is 42.5 Å². The second-order valence-corrected chi connectivity index (χ2v) is 4.42. The van der Waals surface area contributed by atoms with E-state index in [9.17, 15) is 0 Å². The topological polar surface area (TPSA) is 73.9 Å². The van der Waals surface area contributed by atoms with Gasteiger partial charge in [0.1, 0.15) is 12.4 Å². The summed E-state index contributed by atoms with van der Waals surface area (Å²) in [6.45, 7) is 0.325. The monoisotopic (exact) mass is 266 g/mol. The number of hydrogen-bond donors (Lipinski definition) is 1. The van der Waals surface area contributed by atoms with Crippen molar-refractivity contribution in [3.05, 3.63) is 48.3 Å². The van der Waals surface area contributed by atoms with Crippen LogP contribution in [-0.4, -0.2) is 22.1 Å². The molecule has 1 aromatic carbocycles. The molecule has 5 heteroatoms. The fourth-order valence-electron chi connectivity index (χ4n) is 2.05. The Labute approximate surface area is 116 Å². The number of rotatable bonds is 3. The summed E-state index contributed by atoms with van der Waals surface area (Å²) >= 11 is 0. The minimum atomic E-state index is 0.325. The fourth-order valence-corrected chi connectivity index (χ4v) is 2.05. The molecule has 5 nitrogen and oxygen atoms in total. The summed E-state index contributed by atoms with van der Waals surface area (Å²) in [6, 6.07) is 13.6. The second-order valence-electron chi connectivity index (χ2n) is 4.42. The van der Waals surface area contributed by atoms with Crippen LogP contribution >= 0.6 is 0 Å². The zero-order valence-electron chi connectivity index (χ0n) is 11.1. The first-order valence-electron chi connectivity index (χ1n) is 6.25. The number of ether oxygens (including phenoxy) is 1. The van der Waals surface area contributed by atoms with E-state index >= 15 is 0 Å². The predicted molar refractivity (Wildman–Crippen MR) is 77.9 cm³/mol. The lowest BCUT2D eigenvalue weighted by Crippen LogP contribution is -2.03. The van der Waals surface area contributed by atoms with Gasteiger partial charge in [-0.05, 0) is 12.1 Å². The lowest BCUT2D eigenvalue weighted by atomic mass is 10.2. The zero-order valence-corrected chi connectivity index (χ0v) is 11.1. The third kappa shape index (κ3) is 2.44. The van der Waals surface area contributed by atoms with E-state index in [-0.39, 0.29) is 0 Å². The second kappa shape index (κ2) is 5.22. The third-order valence-corrected chi connectivity index (χ3v) is 2.93. The van der Waals surface area contributed by atoms with Gasteiger partial charge < -0.3 is 10.5 Å². The van der Waals surface area contributed by atoms with E-state index in [0.717, 1.165) is 16.6 Å². The Morgan fingerprint density at radius 3 is 2.70 bits per heavy atom. The number of para-hydroxylation sites is 1. The van der Waals surface area contributed by atoms with Gasteiger partial charge in [0.25, 0.3) is 0 Å². The minimum absolute atomic E-state index is 0.325. The van der Waals surface area contributed by atoms with Crippen LogP contribution in [0.2, 0.25) is 0 Å². The van der Waals surface area contributed by atoms with E-state index in [1.54, 1.807) is 13.2 Å². The molecule has 0 radical (unpaired) electrons. The SMILES string of the molecule is COCc1nc(N)cc(-c2ccc3ccccc3n2)n1. The quantitative estimate of drug-likeness (QED) is 0.788. The molecular weight excluding hydrogens is 252 g/mol. The molecule has 0 aliphatic heterocycles. The Morgan fingerprint density at radius 1 is 1.00 bits per heavy atom. The van der Waals surface area contributed by atoms with Gasteiger partial charge >= 0.3 is 0 Å². The molecule has 0 fully saturated rings. The number of nitrogen functional groups attached to an aromatic ring is 1. The number of methoxy groups -OCH3 is 1. The van der Waals surface area contributed by atoms with Crippen molar-refractivity contribution >= 4 is 16.7 Å². The number of pyridine rings is 1. The standard InChI is InChI=1S/C15H14N4O/c1-20-9-15-18-13(8-14(16)19-15)12-7-6-10-4-2-3-5-11(10)17-12/h2-8H,9H2,1H3,(H2,16,18,19). The third-order valence-electron chi connectivity index (χ3n) is 2.93. The Balaban J connectivity index is 2.10. The molecule has 100 valence electrons. The van der Waals surface area contributed by atoms with Crippen LogP contribution in [0.3, 0.4) is 0 Å². The lowest BCUT2D eigenvalue weighted by Gasteiger charge is -2.06. The summed E-state index contributed by atoms with van der Waals surface area (Å²) in [7, 11) is 1.60. The molecule has 0 saturated heterocycles. The highest BCUT2D eigenvalue weighted by molar-refractivity contribution is 5.81. The summed E-state index contributed by atoms with van der Waals surface area (Å²) in [5, 5.41) is 1.09. The first-order chi connectivity index (χ1) is 9.76. The zero-order chi connectivity index (χ0) is 13.9. The first-order valence-corrected chi connectivity index (χ1v) is 6.25. The number of benzene rings is 1. The molecule has 0 bridgehead atoms. The highest BCUT2D eigenvalue weighted by Crippen LogP contribution is 2.20. The van der Waals surface area contributed by atoms with Gasteiger partial charge in [-0.15, -0.1) is 0 Å². The van der Waals surface area contributed by atoms with Crippen molar-refractivity contribution in [2.75, 3.05) is 12.8 Å². The lowest BCUT2D eigenvalue weighted by molar-refractivity contribution is 0.178. The van der Waals surface area contributed by atoms with E-state index in [2.05, 4.69) is 15.0 Å². The molecule has 2 aromatic heterocycles. The van der Waals surface area contributed by atoms with Crippen molar-refractivity contribution in [3.8, 4) is 11.4 Å². The number of nitrogens with two attached hydrogens (primary N) is 1. The van der Waals surface area contributed by atoms with Gasteiger partial charge in [-0.2, -0.15) is 0 Å². The number of hydrogen-bond acceptors (Lipinski definition) is 5. The Kier molecular flexibility index (Phi) is 3.26. The van der Waals surface area contributed by atoms with Crippen molar-refractivity contribution in [2.45, 2.75) is 6.61 Å². The van der Waals surface area contributed by atoms with Crippen LogP contribution in [-0.2, 0) is 11.3 Å². The minimum Gasteiger partial charge on any atom is -0.384 e. The van der Waals surface area contributed by atoms with E-state index in [1.165, 1.54) is 0 Å². The molecule has 0 atom stereocenters. The van der Waals surface area contributed by atoms with Gasteiger partial charge in [0, 0.05) is 18.6 Å². The van der Waals surface area contributed by atoms with Crippen molar-refractivity contribution in [2.24, 2.45) is 0 Å². The van der Waals surface area contributed by atoms with E-state index in [4.69, 9.17) is 10.5 Å². The maximum atomic E-state index is 5.81. The number of anilines is 1. The average molecular weight is 266 g/mol. The van der Waals surface area contributed by atoms with Crippen molar-refractivity contribution in [3.63, 3.8) is 0 Å². The highest BCUT2D eigenvalue weighted by atomic mass is 16.5. The first kappa shape index (κ1) is 12.5. The molecular formula is C15H14N4O. The van der Waals surface area contributed by atoms with Crippen molar-refractivity contribution < 1.29 is 4.74 Å².